The van der Waals surface area contributed by atoms with Crippen molar-refractivity contribution in [1.82, 2.24) is 4.98 Å². The van der Waals surface area contributed by atoms with Gasteiger partial charge in [0.2, 0.25) is 0 Å². The summed E-state index contributed by atoms with van der Waals surface area (Å²) in [4.78, 5) is 4.33. The number of aromatic nitrogens is 1. The zero-order chi connectivity index (χ0) is 12.1. The third-order valence-corrected chi connectivity index (χ3v) is 3.93. The van der Waals surface area contributed by atoms with Gasteiger partial charge in [0.15, 0.2) is 0 Å². The van der Waals surface area contributed by atoms with Gasteiger partial charge in [0.25, 0.3) is 0 Å². The molecule has 0 amide bonds. The standard InChI is InChI=1S/C15H24N2/c1-12-9-10-13(11-12)5-2-3-6-14-7-4-8-15(16)17-14/h4,7-8,12-13H,2-3,5-6,9-11H2,1H3,(H2,16,17). The molecule has 1 heterocycles. The van der Waals surface area contributed by atoms with E-state index in [2.05, 4.69) is 18.0 Å². The van der Waals surface area contributed by atoms with E-state index in [1.807, 2.05) is 12.1 Å². The lowest BCUT2D eigenvalue weighted by atomic mass is 9.98. The molecule has 1 saturated carbocycles. The van der Waals surface area contributed by atoms with Crippen LogP contribution in [0.2, 0.25) is 0 Å². The molecule has 0 radical (unpaired) electrons. The van der Waals surface area contributed by atoms with Crippen LogP contribution in [0.1, 0.15) is 51.1 Å². The van der Waals surface area contributed by atoms with Crippen LogP contribution in [0.25, 0.3) is 0 Å². The summed E-state index contributed by atoms with van der Waals surface area (Å²) in [6.07, 6.45) is 9.44. The summed E-state index contributed by atoms with van der Waals surface area (Å²) in [6.45, 7) is 2.39. The van der Waals surface area contributed by atoms with Crippen molar-refractivity contribution < 1.29 is 0 Å². The monoisotopic (exact) mass is 232 g/mol. The Morgan fingerprint density at radius 2 is 2.18 bits per heavy atom. The van der Waals surface area contributed by atoms with Gasteiger partial charge in [-0.05, 0) is 43.2 Å². The molecule has 1 aliphatic rings. The topological polar surface area (TPSA) is 38.9 Å². The molecule has 2 unspecified atom stereocenters. The predicted octanol–water partition coefficient (Wildman–Crippen LogP) is 3.81. The highest BCUT2D eigenvalue weighted by Crippen LogP contribution is 2.33. The molecule has 1 aliphatic carbocycles. The lowest BCUT2D eigenvalue weighted by molar-refractivity contribution is 0.455. The lowest BCUT2D eigenvalue weighted by Gasteiger charge is -2.08. The van der Waals surface area contributed by atoms with E-state index in [9.17, 15) is 0 Å². The van der Waals surface area contributed by atoms with E-state index in [4.69, 9.17) is 5.73 Å². The third kappa shape index (κ3) is 4.03. The average Bonchev–Trinajstić information content (AvgIpc) is 2.71. The molecular formula is C15H24N2. The van der Waals surface area contributed by atoms with Crippen molar-refractivity contribution in [3.63, 3.8) is 0 Å². The minimum atomic E-state index is 0.645. The minimum absolute atomic E-state index is 0.645. The molecule has 2 heteroatoms. The Bertz CT molecular complexity index is 349. The first kappa shape index (κ1) is 12.4. The highest BCUT2D eigenvalue weighted by Gasteiger charge is 2.20. The van der Waals surface area contributed by atoms with Crippen molar-refractivity contribution in [2.24, 2.45) is 11.8 Å². The van der Waals surface area contributed by atoms with Crippen molar-refractivity contribution in [1.29, 1.82) is 0 Å². The number of nitrogens with zero attached hydrogens (tertiary/aromatic N) is 1. The summed E-state index contributed by atoms with van der Waals surface area (Å²) in [5.74, 6) is 2.61. The summed E-state index contributed by atoms with van der Waals surface area (Å²) in [7, 11) is 0. The summed E-state index contributed by atoms with van der Waals surface area (Å²) in [5.41, 5.74) is 6.81. The zero-order valence-electron chi connectivity index (χ0n) is 10.9. The number of hydrogen-bond donors (Lipinski definition) is 1. The maximum absolute atomic E-state index is 5.67. The van der Waals surface area contributed by atoms with Gasteiger partial charge < -0.3 is 5.73 Å². The Kier molecular flexibility index (Phi) is 4.41. The van der Waals surface area contributed by atoms with Gasteiger partial charge in [0.05, 0.1) is 0 Å². The van der Waals surface area contributed by atoms with E-state index in [0.717, 1.165) is 24.0 Å². The van der Waals surface area contributed by atoms with Crippen LogP contribution in [0.5, 0.6) is 0 Å². The Labute approximate surface area is 105 Å². The van der Waals surface area contributed by atoms with E-state index in [1.54, 1.807) is 0 Å². The first-order valence-corrected chi connectivity index (χ1v) is 6.95. The van der Waals surface area contributed by atoms with Gasteiger partial charge in [-0.1, -0.05) is 38.7 Å². The fraction of sp³-hybridized carbons (Fsp3) is 0.667. The minimum Gasteiger partial charge on any atom is -0.384 e. The van der Waals surface area contributed by atoms with E-state index in [-0.39, 0.29) is 0 Å². The molecule has 94 valence electrons. The van der Waals surface area contributed by atoms with Gasteiger partial charge in [0.1, 0.15) is 5.82 Å². The molecule has 1 aromatic rings. The SMILES string of the molecule is CC1CCC(CCCCc2cccc(N)n2)C1. The molecular weight excluding hydrogens is 208 g/mol. The summed E-state index contributed by atoms with van der Waals surface area (Å²) >= 11 is 0. The second kappa shape index (κ2) is 6.04. The van der Waals surface area contributed by atoms with Crippen LogP contribution in [0, 0.1) is 11.8 Å². The molecule has 2 nitrogen and oxygen atoms in total. The first-order valence-electron chi connectivity index (χ1n) is 6.95. The zero-order valence-corrected chi connectivity index (χ0v) is 10.9. The van der Waals surface area contributed by atoms with Gasteiger partial charge in [-0.3, -0.25) is 0 Å². The number of aryl methyl sites for hydroxylation is 1. The molecule has 2 N–H and O–H groups in total. The van der Waals surface area contributed by atoms with Crippen molar-refractivity contribution in [3.05, 3.63) is 23.9 Å². The lowest BCUT2D eigenvalue weighted by Crippen LogP contribution is -1.97. The van der Waals surface area contributed by atoms with Gasteiger partial charge in [0, 0.05) is 5.69 Å². The maximum atomic E-state index is 5.67. The van der Waals surface area contributed by atoms with Gasteiger partial charge >= 0.3 is 0 Å². The van der Waals surface area contributed by atoms with Crippen LogP contribution in [-0.4, -0.2) is 4.98 Å². The van der Waals surface area contributed by atoms with Crippen LogP contribution in [0.4, 0.5) is 5.82 Å². The van der Waals surface area contributed by atoms with Crippen LogP contribution >= 0.6 is 0 Å². The molecule has 0 aliphatic heterocycles. The fourth-order valence-electron chi connectivity index (χ4n) is 2.96. The number of rotatable bonds is 5. The smallest absolute Gasteiger partial charge is 0.123 e. The molecule has 2 atom stereocenters. The fourth-order valence-corrected chi connectivity index (χ4v) is 2.96. The normalized spacial score (nSPS) is 24.1. The van der Waals surface area contributed by atoms with Gasteiger partial charge in [-0.25, -0.2) is 4.98 Å². The molecule has 1 fully saturated rings. The average molecular weight is 232 g/mol. The third-order valence-electron chi connectivity index (χ3n) is 3.93. The second-order valence-corrected chi connectivity index (χ2v) is 5.58. The second-order valence-electron chi connectivity index (χ2n) is 5.58. The van der Waals surface area contributed by atoms with Crippen molar-refractivity contribution in [3.8, 4) is 0 Å². The van der Waals surface area contributed by atoms with Crippen molar-refractivity contribution >= 4 is 5.82 Å². The van der Waals surface area contributed by atoms with E-state index in [1.165, 1.54) is 38.5 Å². The first-order chi connectivity index (χ1) is 8.24. The predicted molar refractivity (Wildman–Crippen MR) is 72.7 cm³/mol. The number of nitrogens with two attached hydrogens (primary N) is 1. The van der Waals surface area contributed by atoms with E-state index >= 15 is 0 Å². The molecule has 17 heavy (non-hydrogen) atoms. The molecule has 0 bridgehead atoms. The van der Waals surface area contributed by atoms with Gasteiger partial charge in [-0.2, -0.15) is 0 Å². The van der Waals surface area contributed by atoms with Crippen molar-refractivity contribution in [2.45, 2.75) is 51.9 Å². The van der Waals surface area contributed by atoms with Gasteiger partial charge in [-0.15, -0.1) is 0 Å². The number of unbranched alkanes of at least 4 members (excludes halogenated alkanes) is 1. The van der Waals surface area contributed by atoms with Crippen molar-refractivity contribution in [2.75, 3.05) is 5.73 Å². The number of anilines is 1. The summed E-state index contributed by atoms with van der Waals surface area (Å²) in [6, 6.07) is 5.92. The Hall–Kier alpha value is -1.05. The van der Waals surface area contributed by atoms with Crippen LogP contribution in [0.15, 0.2) is 18.2 Å². The highest BCUT2D eigenvalue weighted by atomic mass is 14.8. The van der Waals surface area contributed by atoms with Crippen LogP contribution < -0.4 is 5.73 Å². The maximum Gasteiger partial charge on any atom is 0.123 e. The molecule has 0 spiro atoms. The van der Waals surface area contributed by atoms with Crippen LogP contribution in [0.3, 0.4) is 0 Å². The number of pyridine rings is 1. The highest BCUT2D eigenvalue weighted by molar-refractivity contribution is 5.28. The Balaban J connectivity index is 1.63. The number of hydrogen-bond acceptors (Lipinski definition) is 2. The quantitative estimate of drug-likeness (QED) is 0.784. The number of nitrogen functional groups attached to an aromatic ring is 1. The Morgan fingerprint density at radius 3 is 2.88 bits per heavy atom. The molecule has 0 aromatic carbocycles. The Morgan fingerprint density at radius 1 is 1.29 bits per heavy atom. The molecule has 2 rings (SSSR count). The summed E-state index contributed by atoms with van der Waals surface area (Å²) < 4.78 is 0. The summed E-state index contributed by atoms with van der Waals surface area (Å²) in [5, 5.41) is 0. The van der Waals surface area contributed by atoms with Crippen LogP contribution in [-0.2, 0) is 6.42 Å². The molecule has 0 saturated heterocycles. The van der Waals surface area contributed by atoms with E-state index < -0.39 is 0 Å². The van der Waals surface area contributed by atoms with E-state index in [0.29, 0.717) is 5.82 Å². The largest absolute Gasteiger partial charge is 0.384 e. The molecule has 1 aromatic heterocycles.